The zero-order chi connectivity index (χ0) is 36.8. The number of aryl methyl sites for hydroxylation is 1. The number of allylic oxidation sites excluding steroid dienone is 1. The van der Waals surface area contributed by atoms with Gasteiger partial charge in [0.2, 0.25) is 21.8 Å². The van der Waals surface area contributed by atoms with Gasteiger partial charge in [-0.2, -0.15) is 4.98 Å². The molecule has 2 saturated carbocycles. The molecule has 2 aliphatic heterocycles. The van der Waals surface area contributed by atoms with Gasteiger partial charge in [-0.05, 0) is 81.8 Å². The van der Waals surface area contributed by atoms with E-state index >= 15 is 0 Å². The molecule has 15 heteroatoms. The van der Waals surface area contributed by atoms with Crippen molar-refractivity contribution in [3.05, 3.63) is 54.1 Å². The molecule has 14 nitrogen and oxygen atoms in total. The molecule has 3 fully saturated rings. The fraction of sp³-hybridized carbons (Fsp3) is 0.486. The second-order valence-corrected chi connectivity index (χ2v) is 16.0. The lowest BCUT2D eigenvalue weighted by molar-refractivity contribution is -0.131. The molecule has 2 aliphatic carbocycles. The number of hydrogen-bond donors (Lipinski definition) is 2. The predicted molar refractivity (Wildman–Crippen MR) is 192 cm³/mol. The van der Waals surface area contributed by atoms with Crippen LogP contribution >= 0.6 is 0 Å². The Hall–Kier alpha value is -4.92. The van der Waals surface area contributed by atoms with Gasteiger partial charge in [-0.3, -0.25) is 14.3 Å². The Morgan fingerprint density at radius 1 is 1.04 bits per heavy atom. The number of methoxy groups -OCH3 is 2. The first-order chi connectivity index (χ1) is 24.9. The number of hydrogen-bond acceptors (Lipinski definition) is 10. The number of carbonyl (C=O) groups is 3. The van der Waals surface area contributed by atoms with E-state index in [-0.39, 0.29) is 37.2 Å². The van der Waals surface area contributed by atoms with E-state index in [1.807, 2.05) is 55.5 Å². The minimum atomic E-state index is -3.85. The van der Waals surface area contributed by atoms with Gasteiger partial charge in [-0.1, -0.05) is 12.2 Å². The quantitative estimate of drug-likeness (QED) is 0.326. The van der Waals surface area contributed by atoms with Crippen molar-refractivity contribution in [2.45, 2.75) is 74.8 Å². The molecule has 52 heavy (non-hydrogen) atoms. The first-order valence-electron chi connectivity index (χ1n) is 17.7. The maximum atomic E-state index is 14.2. The standard InChI is InChI=1S/C37H44N6O8S/c1-22-30(50-4)17-16-28-31(22)38-32(23-10-12-25(49-3)13-11-23)39-34(28)51-26-19-29-33(44)40-37(35(45)41-52(47,48)27-14-15-27)20-24(37)9-7-5-6-8-18-42(2)36(46)43(29)21-26/h7,9-13,16-17,24,26-27,29H,5-6,8,14-15,18-21H2,1-4H3,(H,40,44)(H,41,45)/b9-7-/t24?,26-,29?,37?/m1/s1. The zero-order valence-corrected chi connectivity index (χ0v) is 30.6. The van der Waals surface area contributed by atoms with E-state index in [9.17, 15) is 22.8 Å². The van der Waals surface area contributed by atoms with Crippen LogP contribution in [0, 0.1) is 12.8 Å². The van der Waals surface area contributed by atoms with Gasteiger partial charge in [0.1, 0.15) is 29.2 Å². The highest BCUT2D eigenvalue weighted by atomic mass is 32.2. The van der Waals surface area contributed by atoms with Gasteiger partial charge < -0.3 is 29.3 Å². The van der Waals surface area contributed by atoms with Crippen LogP contribution in [0.4, 0.5) is 4.79 Å². The van der Waals surface area contributed by atoms with Crippen LogP contribution in [-0.4, -0.2) is 103 Å². The van der Waals surface area contributed by atoms with Crippen molar-refractivity contribution in [1.29, 1.82) is 0 Å². The van der Waals surface area contributed by atoms with Crippen molar-refractivity contribution in [3.63, 3.8) is 0 Å². The number of ether oxygens (including phenoxy) is 3. The van der Waals surface area contributed by atoms with Crippen LogP contribution in [0.1, 0.15) is 50.5 Å². The first kappa shape index (κ1) is 35.5. The van der Waals surface area contributed by atoms with Crippen molar-refractivity contribution >= 4 is 38.8 Å². The van der Waals surface area contributed by atoms with E-state index in [0.29, 0.717) is 47.6 Å². The molecule has 3 heterocycles. The molecule has 4 atom stereocenters. The van der Waals surface area contributed by atoms with Crippen LogP contribution in [0.25, 0.3) is 22.3 Å². The molecule has 0 bridgehead atoms. The van der Waals surface area contributed by atoms with Crippen molar-refractivity contribution in [3.8, 4) is 28.8 Å². The summed E-state index contributed by atoms with van der Waals surface area (Å²) in [6.07, 6.45) is 6.85. The average molecular weight is 733 g/mol. The van der Waals surface area contributed by atoms with E-state index < -0.39 is 44.8 Å². The number of benzene rings is 2. The van der Waals surface area contributed by atoms with Crippen LogP contribution in [0.5, 0.6) is 17.4 Å². The summed E-state index contributed by atoms with van der Waals surface area (Å²) in [6.45, 7) is 2.49. The molecule has 2 aromatic carbocycles. The van der Waals surface area contributed by atoms with Gasteiger partial charge in [-0.25, -0.2) is 18.2 Å². The van der Waals surface area contributed by atoms with Crippen LogP contribution < -0.4 is 24.2 Å². The molecule has 4 amide bonds. The first-order valence-corrected chi connectivity index (χ1v) is 19.2. The fourth-order valence-corrected chi connectivity index (χ4v) is 8.48. The Kier molecular flexibility index (Phi) is 9.48. The Labute approximate surface area is 302 Å². The summed E-state index contributed by atoms with van der Waals surface area (Å²) in [6, 6.07) is 9.65. The number of fused-ring (bicyclic) bond motifs is 3. The highest BCUT2D eigenvalue weighted by Crippen LogP contribution is 2.46. The number of carbonyl (C=O) groups excluding carboxylic acids is 3. The van der Waals surface area contributed by atoms with Crippen molar-refractivity contribution in [2.24, 2.45) is 5.92 Å². The van der Waals surface area contributed by atoms with Gasteiger partial charge in [0.15, 0.2) is 5.82 Å². The largest absolute Gasteiger partial charge is 0.497 e. The van der Waals surface area contributed by atoms with E-state index in [4.69, 9.17) is 24.2 Å². The van der Waals surface area contributed by atoms with Crippen LogP contribution in [-0.2, 0) is 19.6 Å². The highest BCUT2D eigenvalue weighted by Gasteiger charge is 2.62. The number of sulfonamides is 1. The van der Waals surface area contributed by atoms with Gasteiger partial charge in [0.25, 0.3) is 5.91 Å². The second kappa shape index (κ2) is 13.9. The molecule has 1 saturated heterocycles. The SMILES string of the molecule is COc1ccc(-c2nc(O[C@@H]3CC4C(=O)NC5(C(=O)NS(=O)(=O)C6CC6)CC5/C=C\CCCCN(C)C(=O)N4C3)c3ccc(OC)c(C)c3n2)cc1. The minimum absolute atomic E-state index is 0.0817. The molecule has 2 N–H and O–H groups in total. The molecule has 0 spiro atoms. The molecule has 7 rings (SSSR count). The van der Waals surface area contributed by atoms with Gasteiger partial charge in [-0.15, -0.1) is 0 Å². The molecular weight excluding hydrogens is 689 g/mol. The number of amides is 4. The number of rotatable bonds is 8. The molecule has 4 aliphatic rings. The molecule has 3 unspecified atom stereocenters. The third kappa shape index (κ3) is 6.85. The lowest BCUT2D eigenvalue weighted by Crippen LogP contribution is -2.57. The zero-order valence-electron chi connectivity index (χ0n) is 29.8. The molecule has 3 aromatic rings. The second-order valence-electron chi connectivity index (χ2n) is 14.1. The van der Waals surface area contributed by atoms with Crippen molar-refractivity contribution in [2.75, 3.05) is 34.4 Å². The monoisotopic (exact) mass is 732 g/mol. The van der Waals surface area contributed by atoms with E-state index in [0.717, 1.165) is 30.4 Å². The minimum Gasteiger partial charge on any atom is -0.497 e. The van der Waals surface area contributed by atoms with Gasteiger partial charge in [0, 0.05) is 37.1 Å². The number of aromatic nitrogens is 2. The summed E-state index contributed by atoms with van der Waals surface area (Å²) in [5, 5.41) is 2.94. The third-order valence-electron chi connectivity index (χ3n) is 10.5. The van der Waals surface area contributed by atoms with Crippen LogP contribution in [0.15, 0.2) is 48.6 Å². The summed E-state index contributed by atoms with van der Waals surface area (Å²) in [4.78, 5) is 54.5. The third-order valence-corrected chi connectivity index (χ3v) is 12.3. The summed E-state index contributed by atoms with van der Waals surface area (Å²) in [5.41, 5.74) is 0.713. The number of nitrogens with zero attached hydrogens (tertiary/aromatic N) is 4. The molecule has 276 valence electrons. The average Bonchev–Trinajstić information content (AvgIpc) is 4.06. The summed E-state index contributed by atoms with van der Waals surface area (Å²) in [7, 11) is 1.04. The topological polar surface area (TPSA) is 169 Å². The fourth-order valence-electron chi connectivity index (χ4n) is 7.12. The van der Waals surface area contributed by atoms with Crippen LogP contribution in [0.3, 0.4) is 0 Å². The number of urea groups is 1. The lowest BCUT2D eigenvalue weighted by atomic mass is 10.1. The number of nitrogens with one attached hydrogen (secondary N) is 2. The van der Waals surface area contributed by atoms with Crippen molar-refractivity contribution in [1.82, 2.24) is 29.8 Å². The lowest BCUT2D eigenvalue weighted by Gasteiger charge is -2.30. The Balaban J connectivity index is 1.21. The maximum absolute atomic E-state index is 14.2. The molecule has 0 radical (unpaired) electrons. The normalized spacial score (nSPS) is 25.7. The molecule has 1 aromatic heterocycles. The van der Waals surface area contributed by atoms with E-state index in [1.165, 1.54) is 4.90 Å². The maximum Gasteiger partial charge on any atom is 0.320 e. The van der Waals surface area contributed by atoms with Crippen LogP contribution in [0.2, 0.25) is 0 Å². The summed E-state index contributed by atoms with van der Waals surface area (Å²) < 4.78 is 45.3. The van der Waals surface area contributed by atoms with Gasteiger partial charge >= 0.3 is 6.03 Å². The summed E-state index contributed by atoms with van der Waals surface area (Å²) >= 11 is 0. The Morgan fingerprint density at radius 3 is 2.52 bits per heavy atom. The van der Waals surface area contributed by atoms with E-state index in [2.05, 4.69) is 10.0 Å². The van der Waals surface area contributed by atoms with Gasteiger partial charge in [0.05, 0.1) is 36.9 Å². The predicted octanol–water partition coefficient (Wildman–Crippen LogP) is 3.72. The highest BCUT2D eigenvalue weighted by molar-refractivity contribution is 7.91. The summed E-state index contributed by atoms with van der Waals surface area (Å²) in [5.74, 6) is 0.351. The Bertz CT molecular complexity index is 2040. The Morgan fingerprint density at radius 2 is 1.81 bits per heavy atom. The molecular formula is C37H44N6O8S. The smallest absolute Gasteiger partial charge is 0.320 e. The van der Waals surface area contributed by atoms with Crippen molar-refractivity contribution < 1.29 is 37.0 Å². The van der Waals surface area contributed by atoms with E-state index in [1.54, 1.807) is 26.2 Å².